The van der Waals surface area contributed by atoms with Crippen molar-refractivity contribution in [3.63, 3.8) is 0 Å². The van der Waals surface area contributed by atoms with Crippen molar-refractivity contribution >= 4 is 0 Å². The number of hydrogen-bond donors (Lipinski definition) is 2. The Morgan fingerprint density at radius 3 is 2.19 bits per heavy atom. The molecule has 1 aromatic carbocycles. The highest BCUT2D eigenvalue weighted by molar-refractivity contribution is 5.17. The van der Waals surface area contributed by atoms with E-state index in [1.54, 1.807) is 0 Å². The van der Waals surface area contributed by atoms with Crippen molar-refractivity contribution < 1.29 is 8.78 Å². The van der Waals surface area contributed by atoms with Crippen LogP contribution in [0.2, 0.25) is 0 Å². The number of nitrogens with one attached hydrogen (secondary N) is 2. The van der Waals surface area contributed by atoms with Crippen molar-refractivity contribution in [3.8, 4) is 0 Å². The zero-order valence-electron chi connectivity index (χ0n) is 9.52. The first-order valence-electron chi connectivity index (χ1n) is 5.58. The van der Waals surface area contributed by atoms with Gasteiger partial charge in [0.15, 0.2) is 0 Å². The molecule has 0 saturated heterocycles. The molecule has 0 spiro atoms. The summed E-state index contributed by atoms with van der Waals surface area (Å²) in [4.78, 5) is 0. The van der Waals surface area contributed by atoms with Crippen molar-refractivity contribution in [2.45, 2.75) is 19.9 Å². The molecular weight excluding hydrogens is 210 g/mol. The van der Waals surface area contributed by atoms with Gasteiger partial charge in [0.05, 0.1) is 0 Å². The fraction of sp³-hybridized carbons (Fsp3) is 0.500. The second-order valence-corrected chi connectivity index (χ2v) is 3.70. The van der Waals surface area contributed by atoms with Crippen LogP contribution in [0.1, 0.15) is 18.9 Å². The van der Waals surface area contributed by atoms with E-state index in [4.69, 9.17) is 0 Å². The molecule has 0 bridgehead atoms. The summed E-state index contributed by atoms with van der Waals surface area (Å²) in [5.74, 6) is -1.05. The number of hydrogen-bond acceptors (Lipinski definition) is 2. The summed E-state index contributed by atoms with van der Waals surface area (Å²) in [5, 5.41) is 6.35. The molecule has 1 rings (SSSR count). The van der Waals surface area contributed by atoms with E-state index >= 15 is 0 Å². The minimum atomic E-state index is -0.527. The molecule has 0 radical (unpaired) electrons. The van der Waals surface area contributed by atoms with Crippen LogP contribution in [0, 0.1) is 11.6 Å². The Bertz CT molecular complexity index is 296. The first kappa shape index (κ1) is 13.1. The molecule has 1 aromatic rings. The lowest BCUT2D eigenvalue weighted by Gasteiger charge is -2.06. The summed E-state index contributed by atoms with van der Waals surface area (Å²) in [7, 11) is 0. The van der Waals surface area contributed by atoms with Crippen LogP contribution in [-0.4, -0.2) is 19.6 Å². The van der Waals surface area contributed by atoms with E-state index in [0.717, 1.165) is 32.1 Å². The van der Waals surface area contributed by atoms with E-state index in [1.807, 2.05) is 0 Å². The van der Waals surface area contributed by atoms with Gasteiger partial charge < -0.3 is 10.6 Å². The third kappa shape index (κ3) is 5.19. The van der Waals surface area contributed by atoms with Crippen LogP contribution in [0.5, 0.6) is 0 Å². The van der Waals surface area contributed by atoms with Crippen LogP contribution in [-0.2, 0) is 6.54 Å². The first-order chi connectivity index (χ1) is 7.72. The molecule has 90 valence electrons. The molecule has 0 saturated carbocycles. The lowest BCUT2D eigenvalue weighted by molar-refractivity contribution is 0.571. The van der Waals surface area contributed by atoms with Crippen LogP contribution in [0.3, 0.4) is 0 Å². The molecule has 0 aliphatic heterocycles. The van der Waals surface area contributed by atoms with E-state index < -0.39 is 11.6 Å². The second kappa shape index (κ2) is 7.30. The van der Waals surface area contributed by atoms with Crippen molar-refractivity contribution in [1.82, 2.24) is 10.6 Å². The highest BCUT2D eigenvalue weighted by Crippen LogP contribution is 2.07. The van der Waals surface area contributed by atoms with E-state index in [9.17, 15) is 8.78 Å². The Morgan fingerprint density at radius 2 is 1.56 bits per heavy atom. The molecule has 4 heteroatoms. The van der Waals surface area contributed by atoms with Gasteiger partial charge in [-0.2, -0.15) is 0 Å². The standard InChI is InChI=1S/C12H18F2N2/c1-2-3-15-4-5-16-9-10-6-11(13)8-12(14)7-10/h6-8,15-16H,2-5,9H2,1H3. The molecule has 0 fully saturated rings. The van der Waals surface area contributed by atoms with Gasteiger partial charge in [-0.05, 0) is 30.7 Å². The summed E-state index contributed by atoms with van der Waals surface area (Å²) < 4.78 is 25.6. The zero-order valence-corrected chi connectivity index (χ0v) is 9.52. The zero-order chi connectivity index (χ0) is 11.8. The number of rotatable bonds is 7. The van der Waals surface area contributed by atoms with Crippen LogP contribution in [0.15, 0.2) is 18.2 Å². The second-order valence-electron chi connectivity index (χ2n) is 3.70. The molecule has 0 unspecified atom stereocenters. The number of benzene rings is 1. The van der Waals surface area contributed by atoms with E-state index in [0.29, 0.717) is 12.1 Å². The predicted molar refractivity (Wildman–Crippen MR) is 61.2 cm³/mol. The Hall–Kier alpha value is -1.00. The predicted octanol–water partition coefficient (Wildman–Crippen LogP) is 2.05. The topological polar surface area (TPSA) is 24.1 Å². The minimum absolute atomic E-state index is 0.489. The van der Waals surface area contributed by atoms with Gasteiger partial charge in [-0.1, -0.05) is 6.92 Å². The summed E-state index contributed by atoms with van der Waals surface area (Å²) in [6, 6.07) is 3.57. The monoisotopic (exact) mass is 228 g/mol. The molecule has 0 atom stereocenters. The smallest absolute Gasteiger partial charge is 0.126 e. The van der Waals surface area contributed by atoms with Crippen LogP contribution in [0.4, 0.5) is 8.78 Å². The Labute approximate surface area is 95.1 Å². The van der Waals surface area contributed by atoms with Gasteiger partial charge in [0.2, 0.25) is 0 Å². The van der Waals surface area contributed by atoms with Gasteiger partial charge in [-0.25, -0.2) is 8.78 Å². The van der Waals surface area contributed by atoms with Crippen LogP contribution >= 0.6 is 0 Å². The maximum absolute atomic E-state index is 12.8. The SMILES string of the molecule is CCCNCCNCc1cc(F)cc(F)c1. The fourth-order valence-electron chi connectivity index (χ4n) is 1.42. The largest absolute Gasteiger partial charge is 0.315 e. The Kier molecular flexibility index (Phi) is 5.96. The van der Waals surface area contributed by atoms with Crippen molar-refractivity contribution in [3.05, 3.63) is 35.4 Å². The third-order valence-corrected chi connectivity index (χ3v) is 2.16. The molecule has 0 amide bonds. The molecule has 16 heavy (non-hydrogen) atoms. The number of halogens is 2. The quantitative estimate of drug-likeness (QED) is 0.698. The van der Waals surface area contributed by atoms with Gasteiger partial charge in [0, 0.05) is 25.7 Å². The molecular formula is C12H18F2N2. The van der Waals surface area contributed by atoms with Gasteiger partial charge in [0.1, 0.15) is 11.6 Å². The van der Waals surface area contributed by atoms with Crippen molar-refractivity contribution in [2.75, 3.05) is 19.6 Å². The molecule has 0 aliphatic rings. The maximum Gasteiger partial charge on any atom is 0.126 e. The fourth-order valence-corrected chi connectivity index (χ4v) is 1.42. The minimum Gasteiger partial charge on any atom is -0.315 e. The van der Waals surface area contributed by atoms with E-state index in [2.05, 4.69) is 17.6 Å². The van der Waals surface area contributed by atoms with Crippen molar-refractivity contribution in [2.24, 2.45) is 0 Å². The normalized spacial score (nSPS) is 10.7. The summed E-state index contributed by atoms with van der Waals surface area (Å²) in [6.07, 6.45) is 1.11. The lowest BCUT2D eigenvalue weighted by Crippen LogP contribution is -2.27. The Morgan fingerprint density at radius 1 is 0.938 bits per heavy atom. The van der Waals surface area contributed by atoms with Crippen molar-refractivity contribution in [1.29, 1.82) is 0 Å². The van der Waals surface area contributed by atoms with Crippen LogP contribution < -0.4 is 10.6 Å². The van der Waals surface area contributed by atoms with E-state index in [-0.39, 0.29) is 0 Å². The van der Waals surface area contributed by atoms with Gasteiger partial charge >= 0.3 is 0 Å². The lowest BCUT2D eigenvalue weighted by atomic mass is 10.2. The molecule has 2 N–H and O–H groups in total. The molecule has 0 heterocycles. The molecule has 0 aromatic heterocycles. The highest BCUT2D eigenvalue weighted by atomic mass is 19.1. The first-order valence-corrected chi connectivity index (χ1v) is 5.58. The van der Waals surface area contributed by atoms with Gasteiger partial charge in [-0.3, -0.25) is 0 Å². The van der Waals surface area contributed by atoms with Gasteiger partial charge in [0.25, 0.3) is 0 Å². The molecule has 0 aliphatic carbocycles. The van der Waals surface area contributed by atoms with Gasteiger partial charge in [-0.15, -0.1) is 0 Å². The summed E-state index contributed by atoms with van der Waals surface area (Å²) >= 11 is 0. The highest BCUT2D eigenvalue weighted by Gasteiger charge is 1.99. The van der Waals surface area contributed by atoms with E-state index in [1.165, 1.54) is 12.1 Å². The third-order valence-electron chi connectivity index (χ3n) is 2.16. The van der Waals surface area contributed by atoms with Crippen LogP contribution in [0.25, 0.3) is 0 Å². The molecule has 2 nitrogen and oxygen atoms in total. The Balaban J connectivity index is 2.21. The average Bonchev–Trinajstić information content (AvgIpc) is 2.22. The average molecular weight is 228 g/mol. The summed E-state index contributed by atoms with van der Waals surface area (Å²) in [6.45, 7) is 5.25. The maximum atomic E-state index is 12.8. The summed E-state index contributed by atoms with van der Waals surface area (Å²) in [5.41, 5.74) is 0.632.